The van der Waals surface area contributed by atoms with Crippen LogP contribution in [0, 0.1) is 0 Å². The van der Waals surface area contributed by atoms with E-state index in [1.54, 1.807) is 6.20 Å². The molecule has 4 nitrogen and oxygen atoms in total. The summed E-state index contributed by atoms with van der Waals surface area (Å²) in [5.41, 5.74) is 1.91. The Hall–Kier alpha value is -2.33. The molecule has 0 spiro atoms. The van der Waals surface area contributed by atoms with Crippen LogP contribution in [0.15, 0.2) is 48.9 Å². The fourth-order valence-corrected chi connectivity index (χ4v) is 2.19. The minimum atomic E-state index is 0.449. The zero-order valence-corrected chi connectivity index (χ0v) is 12.2. The van der Waals surface area contributed by atoms with Gasteiger partial charge in [-0.15, -0.1) is 0 Å². The lowest BCUT2D eigenvalue weighted by Crippen LogP contribution is -2.22. The third-order valence-electron chi connectivity index (χ3n) is 3.31. The van der Waals surface area contributed by atoms with Gasteiger partial charge in [0.05, 0.1) is 0 Å². The SMILES string of the molecule is CC(C)NCc1cnc(-c2nccc3ccccc23)nc1. The van der Waals surface area contributed by atoms with E-state index in [-0.39, 0.29) is 0 Å². The van der Waals surface area contributed by atoms with Crippen molar-refractivity contribution in [3.8, 4) is 11.5 Å². The van der Waals surface area contributed by atoms with Crippen molar-refractivity contribution >= 4 is 10.8 Å². The summed E-state index contributed by atoms with van der Waals surface area (Å²) in [4.78, 5) is 13.4. The molecule has 0 amide bonds. The lowest BCUT2D eigenvalue weighted by atomic mass is 10.1. The Morgan fingerprint density at radius 1 is 1.00 bits per heavy atom. The van der Waals surface area contributed by atoms with Gasteiger partial charge < -0.3 is 5.32 Å². The largest absolute Gasteiger partial charge is 0.310 e. The quantitative estimate of drug-likeness (QED) is 0.796. The summed E-state index contributed by atoms with van der Waals surface area (Å²) in [6, 6.07) is 10.6. The molecular weight excluding hydrogens is 260 g/mol. The van der Waals surface area contributed by atoms with Crippen molar-refractivity contribution in [3.63, 3.8) is 0 Å². The Bertz CT molecular complexity index is 730. The second-order valence-electron chi connectivity index (χ2n) is 5.33. The highest BCUT2D eigenvalue weighted by molar-refractivity contribution is 5.92. The average molecular weight is 278 g/mol. The molecule has 1 aromatic carbocycles. The molecule has 0 saturated carbocycles. The predicted octanol–water partition coefficient (Wildman–Crippen LogP) is 3.19. The minimum absolute atomic E-state index is 0.449. The molecule has 0 aliphatic rings. The van der Waals surface area contributed by atoms with Gasteiger partial charge in [0, 0.05) is 42.1 Å². The Morgan fingerprint density at radius 2 is 1.76 bits per heavy atom. The number of hydrogen-bond acceptors (Lipinski definition) is 4. The Labute approximate surface area is 124 Å². The lowest BCUT2D eigenvalue weighted by molar-refractivity contribution is 0.587. The molecule has 106 valence electrons. The molecule has 4 heteroatoms. The van der Waals surface area contributed by atoms with Crippen molar-refractivity contribution in [2.45, 2.75) is 26.4 Å². The zero-order valence-electron chi connectivity index (χ0n) is 12.2. The van der Waals surface area contributed by atoms with Crippen molar-refractivity contribution in [2.24, 2.45) is 0 Å². The predicted molar refractivity (Wildman–Crippen MR) is 84.7 cm³/mol. The van der Waals surface area contributed by atoms with E-state index in [0.29, 0.717) is 11.9 Å². The molecule has 0 bridgehead atoms. The number of hydrogen-bond donors (Lipinski definition) is 1. The smallest absolute Gasteiger partial charge is 0.178 e. The minimum Gasteiger partial charge on any atom is -0.310 e. The molecule has 1 N–H and O–H groups in total. The Morgan fingerprint density at radius 3 is 2.52 bits per heavy atom. The molecule has 3 rings (SSSR count). The van der Waals surface area contributed by atoms with Crippen LogP contribution in [0.2, 0.25) is 0 Å². The lowest BCUT2D eigenvalue weighted by Gasteiger charge is -2.08. The highest BCUT2D eigenvalue weighted by Gasteiger charge is 2.07. The van der Waals surface area contributed by atoms with Crippen molar-refractivity contribution < 1.29 is 0 Å². The molecule has 2 aromatic heterocycles. The van der Waals surface area contributed by atoms with Gasteiger partial charge in [0.15, 0.2) is 5.82 Å². The summed E-state index contributed by atoms with van der Waals surface area (Å²) in [6.45, 7) is 5.02. The number of nitrogens with one attached hydrogen (secondary N) is 1. The second kappa shape index (κ2) is 5.97. The summed E-state index contributed by atoms with van der Waals surface area (Å²) in [5, 5.41) is 5.58. The maximum atomic E-state index is 4.46. The first-order valence-electron chi connectivity index (χ1n) is 7.12. The van der Waals surface area contributed by atoms with Crippen molar-refractivity contribution in [1.29, 1.82) is 0 Å². The number of benzene rings is 1. The van der Waals surface area contributed by atoms with Gasteiger partial charge in [0.2, 0.25) is 0 Å². The summed E-state index contributed by atoms with van der Waals surface area (Å²) in [6.07, 6.45) is 5.53. The van der Waals surface area contributed by atoms with Gasteiger partial charge in [-0.3, -0.25) is 4.98 Å². The highest BCUT2D eigenvalue weighted by atomic mass is 14.9. The number of nitrogens with zero attached hydrogens (tertiary/aromatic N) is 3. The first-order valence-corrected chi connectivity index (χ1v) is 7.12. The molecule has 0 fully saturated rings. The first-order chi connectivity index (χ1) is 10.2. The molecule has 21 heavy (non-hydrogen) atoms. The number of aromatic nitrogens is 3. The van der Waals surface area contributed by atoms with E-state index < -0.39 is 0 Å². The van der Waals surface area contributed by atoms with Crippen LogP contribution >= 0.6 is 0 Å². The van der Waals surface area contributed by atoms with E-state index in [2.05, 4.69) is 46.2 Å². The maximum Gasteiger partial charge on any atom is 0.178 e. The van der Waals surface area contributed by atoms with Gasteiger partial charge in [-0.2, -0.15) is 0 Å². The average Bonchev–Trinajstić information content (AvgIpc) is 2.53. The van der Waals surface area contributed by atoms with Gasteiger partial charge in [0.1, 0.15) is 5.69 Å². The van der Waals surface area contributed by atoms with Gasteiger partial charge >= 0.3 is 0 Å². The summed E-state index contributed by atoms with van der Waals surface area (Å²) in [7, 11) is 0. The first kappa shape index (κ1) is 13.6. The van der Waals surface area contributed by atoms with Crippen LogP contribution in [-0.4, -0.2) is 21.0 Å². The maximum absolute atomic E-state index is 4.46. The van der Waals surface area contributed by atoms with Crippen LogP contribution in [0.1, 0.15) is 19.4 Å². The van der Waals surface area contributed by atoms with Crippen LogP contribution in [0.25, 0.3) is 22.3 Å². The number of pyridine rings is 1. The third kappa shape index (κ3) is 3.06. The van der Waals surface area contributed by atoms with E-state index in [0.717, 1.165) is 28.6 Å². The molecular formula is C17H18N4. The van der Waals surface area contributed by atoms with Crippen LogP contribution in [-0.2, 0) is 6.54 Å². The molecule has 3 aromatic rings. The topological polar surface area (TPSA) is 50.7 Å². The van der Waals surface area contributed by atoms with Crippen LogP contribution < -0.4 is 5.32 Å². The van der Waals surface area contributed by atoms with Crippen LogP contribution in [0.4, 0.5) is 0 Å². The van der Waals surface area contributed by atoms with Crippen LogP contribution in [0.3, 0.4) is 0 Å². The Balaban J connectivity index is 1.92. The van der Waals surface area contributed by atoms with Crippen LogP contribution in [0.5, 0.6) is 0 Å². The summed E-state index contributed by atoms with van der Waals surface area (Å²) >= 11 is 0. The fourth-order valence-electron chi connectivity index (χ4n) is 2.19. The summed E-state index contributed by atoms with van der Waals surface area (Å²) in [5.74, 6) is 0.667. The van der Waals surface area contributed by atoms with Crippen molar-refractivity contribution in [1.82, 2.24) is 20.3 Å². The molecule has 0 radical (unpaired) electrons. The van der Waals surface area contributed by atoms with E-state index >= 15 is 0 Å². The monoisotopic (exact) mass is 278 g/mol. The van der Waals surface area contributed by atoms with Gasteiger partial charge in [-0.25, -0.2) is 9.97 Å². The van der Waals surface area contributed by atoms with Crippen molar-refractivity contribution in [2.75, 3.05) is 0 Å². The zero-order chi connectivity index (χ0) is 14.7. The molecule has 0 atom stereocenters. The van der Waals surface area contributed by atoms with E-state index in [9.17, 15) is 0 Å². The molecule has 0 aliphatic carbocycles. The van der Waals surface area contributed by atoms with E-state index in [1.807, 2.05) is 30.6 Å². The normalized spacial score (nSPS) is 11.2. The molecule has 2 heterocycles. The van der Waals surface area contributed by atoms with Gasteiger partial charge in [-0.1, -0.05) is 38.1 Å². The number of rotatable bonds is 4. The fraction of sp³-hybridized carbons (Fsp3) is 0.235. The Kier molecular flexibility index (Phi) is 3.88. The second-order valence-corrected chi connectivity index (χ2v) is 5.33. The van der Waals surface area contributed by atoms with Crippen molar-refractivity contribution in [3.05, 3.63) is 54.5 Å². The van der Waals surface area contributed by atoms with E-state index in [4.69, 9.17) is 0 Å². The van der Waals surface area contributed by atoms with Gasteiger partial charge in [0.25, 0.3) is 0 Å². The van der Waals surface area contributed by atoms with E-state index in [1.165, 1.54) is 0 Å². The third-order valence-corrected chi connectivity index (χ3v) is 3.31. The molecule has 0 saturated heterocycles. The molecule has 0 aliphatic heterocycles. The van der Waals surface area contributed by atoms with Gasteiger partial charge in [-0.05, 0) is 11.5 Å². The summed E-state index contributed by atoms with van der Waals surface area (Å²) < 4.78 is 0. The number of fused-ring (bicyclic) bond motifs is 1. The highest BCUT2D eigenvalue weighted by Crippen LogP contribution is 2.23. The standard InChI is InChI=1S/C17H18N4/c1-12(2)19-9-13-10-20-17(21-11-13)16-15-6-4-3-5-14(15)7-8-18-16/h3-8,10-12,19H,9H2,1-2H3. The molecule has 0 unspecified atom stereocenters.